The molecule has 0 aromatic carbocycles. The van der Waals surface area contributed by atoms with Crippen molar-refractivity contribution in [2.24, 2.45) is 11.7 Å². The number of likely N-dealkylation sites (tertiary alicyclic amines) is 1. The first-order valence-electron chi connectivity index (χ1n) is 6.26. The van der Waals surface area contributed by atoms with Crippen LogP contribution in [0.25, 0.3) is 0 Å². The van der Waals surface area contributed by atoms with Crippen LogP contribution in [0.15, 0.2) is 17.5 Å². The van der Waals surface area contributed by atoms with Crippen molar-refractivity contribution in [1.29, 1.82) is 0 Å². The zero-order valence-electron chi connectivity index (χ0n) is 10.1. The van der Waals surface area contributed by atoms with Gasteiger partial charge in [0.2, 0.25) is 0 Å². The van der Waals surface area contributed by atoms with Crippen LogP contribution in [0, 0.1) is 5.92 Å². The van der Waals surface area contributed by atoms with Crippen LogP contribution < -0.4 is 5.73 Å². The molecule has 1 fully saturated rings. The van der Waals surface area contributed by atoms with Crippen LogP contribution in [-0.2, 0) is 6.42 Å². The van der Waals surface area contributed by atoms with Crippen LogP contribution in [0.2, 0.25) is 0 Å². The van der Waals surface area contributed by atoms with Crippen molar-refractivity contribution in [2.75, 3.05) is 19.6 Å². The Bertz CT molecular complexity index is 297. The van der Waals surface area contributed by atoms with Crippen LogP contribution in [0.3, 0.4) is 0 Å². The number of thiophene rings is 1. The Morgan fingerprint density at radius 3 is 3.06 bits per heavy atom. The summed E-state index contributed by atoms with van der Waals surface area (Å²) >= 11 is 1.87. The van der Waals surface area contributed by atoms with E-state index in [-0.39, 0.29) is 0 Å². The van der Waals surface area contributed by atoms with Gasteiger partial charge in [-0.05, 0) is 50.1 Å². The average molecular weight is 238 g/mol. The van der Waals surface area contributed by atoms with Gasteiger partial charge in [-0.1, -0.05) is 6.07 Å². The molecule has 0 bridgehead atoms. The summed E-state index contributed by atoms with van der Waals surface area (Å²) in [4.78, 5) is 4.11. The van der Waals surface area contributed by atoms with Gasteiger partial charge in [0.15, 0.2) is 0 Å². The molecule has 0 aliphatic carbocycles. The fourth-order valence-electron chi connectivity index (χ4n) is 2.48. The second kappa shape index (κ2) is 5.80. The lowest BCUT2D eigenvalue weighted by Gasteiger charge is -2.37. The van der Waals surface area contributed by atoms with Gasteiger partial charge >= 0.3 is 0 Å². The predicted molar refractivity (Wildman–Crippen MR) is 70.8 cm³/mol. The number of piperidine rings is 1. The summed E-state index contributed by atoms with van der Waals surface area (Å²) in [6, 6.07) is 5.12. The highest BCUT2D eigenvalue weighted by atomic mass is 32.1. The van der Waals surface area contributed by atoms with Gasteiger partial charge in [0.05, 0.1) is 0 Å². The molecule has 1 aromatic rings. The van der Waals surface area contributed by atoms with Crippen molar-refractivity contribution >= 4 is 11.3 Å². The zero-order chi connectivity index (χ0) is 11.4. The Morgan fingerprint density at radius 1 is 1.50 bits per heavy atom. The molecular weight excluding hydrogens is 216 g/mol. The van der Waals surface area contributed by atoms with Gasteiger partial charge in [0.1, 0.15) is 0 Å². The van der Waals surface area contributed by atoms with Gasteiger partial charge in [0, 0.05) is 24.0 Å². The van der Waals surface area contributed by atoms with Crippen LogP contribution in [0.4, 0.5) is 0 Å². The van der Waals surface area contributed by atoms with Gasteiger partial charge in [-0.2, -0.15) is 0 Å². The number of nitrogens with two attached hydrogens (primary N) is 1. The molecule has 2 N–H and O–H groups in total. The third-order valence-corrected chi connectivity index (χ3v) is 4.60. The second-order valence-corrected chi connectivity index (χ2v) is 5.88. The van der Waals surface area contributed by atoms with E-state index in [1.165, 1.54) is 37.2 Å². The summed E-state index contributed by atoms with van der Waals surface area (Å²) in [5.41, 5.74) is 5.78. The monoisotopic (exact) mass is 238 g/mol. The fourth-order valence-corrected chi connectivity index (χ4v) is 3.17. The van der Waals surface area contributed by atoms with E-state index in [9.17, 15) is 0 Å². The van der Waals surface area contributed by atoms with Gasteiger partial charge < -0.3 is 5.73 Å². The Balaban J connectivity index is 1.82. The molecule has 2 atom stereocenters. The van der Waals surface area contributed by atoms with Crippen LogP contribution in [-0.4, -0.2) is 30.6 Å². The minimum absolute atomic E-state index is 0.722. The van der Waals surface area contributed by atoms with E-state index in [4.69, 9.17) is 5.73 Å². The average Bonchev–Trinajstić information content (AvgIpc) is 2.81. The van der Waals surface area contributed by atoms with Gasteiger partial charge in [-0.25, -0.2) is 0 Å². The Kier molecular flexibility index (Phi) is 4.38. The molecule has 2 unspecified atom stereocenters. The third-order valence-electron chi connectivity index (χ3n) is 3.67. The van der Waals surface area contributed by atoms with Crippen LogP contribution in [0.1, 0.15) is 24.6 Å². The highest BCUT2D eigenvalue weighted by molar-refractivity contribution is 7.09. The summed E-state index contributed by atoms with van der Waals surface area (Å²) in [7, 11) is 0. The Hall–Kier alpha value is -0.380. The summed E-state index contributed by atoms with van der Waals surface area (Å²) in [5.74, 6) is 0.722. The van der Waals surface area contributed by atoms with E-state index in [2.05, 4.69) is 29.3 Å². The van der Waals surface area contributed by atoms with E-state index in [1.807, 2.05) is 11.3 Å². The Labute approximate surface area is 102 Å². The van der Waals surface area contributed by atoms with Gasteiger partial charge in [-0.3, -0.25) is 4.90 Å². The molecular formula is C13H22N2S. The molecule has 90 valence electrons. The topological polar surface area (TPSA) is 29.3 Å². The molecule has 1 aliphatic rings. The Morgan fingerprint density at radius 2 is 2.38 bits per heavy atom. The number of hydrogen-bond acceptors (Lipinski definition) is 3. The molecule has 16 heavy (non-hydrogen) atoms. The quantitative estimate of drug-likeness (QED) is 0.872. The van der Waals surface area contributed by atoms with E-state index in [0.717, 1.165) is 18.5 Å². The molecule has 0 spiro atoms. The van der Waals surface area contributed by atoms with Crippen molar-refractivity contribution in [3.05, 3.63) is 22.4 Å². The molecule has 1 aromatic heterocycles. The minimum atomic E-state index is 0.722. The van der Waals surface area contributed by atoms with Crippen molar-refractivity contribution < 1.29 is 0 Å². The standard InChI is InChI=1S/C13H22N2S/c1-11-4-5-12(9-14)10-15(11)7-6-13-3-2-8-16-13/h2-3,8,11-12H,4-7,9-10,14H2,1H3. The minimum Gasteiger partial charge on any atom is -0.330 e. The molecule has 0 amide bonds. The first kappa shape index (κ1) is 12.1. The maximum Gasteiger partial charge on any atom is 0.00673 e. The van der Waals surface area contributed by atoms with E-state index >= 15 is 0 Å². The van der Waals surface area contributed by atoms with Crippen molar-refractivity contribution in [3.8, 4) is 0 Å². The third kappa shape index (κ3) is 3.06. The fraction of sp³-hybridized carbons (Fsp3) is 0.692. The van der Waals surface area contributed by atoms with Crippen LogP contribution >= 0.6 is 11.3 Å². The SMILES string of the molecule is CC1CCC(CN)CN1CCc1cccs1. The lowest BCUT2D eigenvalue weighted by Crippen LogP contribution is -2.44. The van der Waals surface area contributed by atoms with E-state index in [0.29, 0.717) is 0 Å². The summed E-state index contributed by atoms with van der Waals surface area (Å²) < 4.78 is 0. The molecule has 2 nitrogen and oxygen atoms in total. The molecule has 3 heteroatoms. The summed E-state index contributed by atoms with van der Waals surface area (Å²) in [6.07, 6.45) is 3.82. The van der Waals surface area contributed by atoms with Gasteiger partial charge in [0.25, 0.3) is 0 Å². The molecule has 2 heterocycles. The molecule has 1 saturated heterocycles. The zero-order valence-corrected chi connectivity index (χ0v) is 10.9. The highest BCUT2D eigenvalue weighted by Crippen LogP contribution is 2.21. The number of nitrogens with zero attached hydrogens (tertiary/aromatic N) is 1. The van der Waals surface area contributed by atoms with Crippen molar-refractivity contribution in [3.63, 3.8) is 0 Å². The lowest BCUT2D eigenvalue weighted by molar-refractivity contribution is 0.122. The second-order valence-electron chi connectivity index (χ2n) is 4.85. The van der Waals surface area contributed by atoms with Crippen molar-refractivity contribution in [1.82, 2.24) is 4.90 Å². The maximum absolute atomic E-state index is 5.78. The molecule has 2 rings (SSSR count). The van der Waals surface area contributed by atoms with Crippen molar-refractivity contribution in [2.45, 2.75) is 32.2 Å². The predicted octanol–water partition coefficient (Wildman–Crippen LogP) is 2.35. The molecule has 0 saturated carbocycles. The first-order chi connectivity index (χ1) is 7.79. The molecule has 1 aliphatic heterocycles. The summed E-state index contributed by atoms with van der Waals surface area (Å²) in [6.45, 7) is 5.59. The van der Waals surface area contributed by atoms with Crippen LogP contribution in [0.5, 0.6) is 0 Å². The summed E-state index contributed by atoms with van der Waals surface area (Å²) in [5, 5.41) is 2.16. The first-order valence-corrected chi connectivity index (χ1v) is 7.14. The largest absolute Gasteiger partial charge is 0.330 e. The van der Waals surface area contributed by atoms with E-state index < -0.39 is 0 Å². The number of rotatable bonds is 4. The molecule has 0 radical (unpaired) electrons. The number of hydrogen-bond donors (Lipinski definition) is 1. The smallest absolute Gasteiger partial charge is 0.00673 e. The highest BCUT2D eigenvalue weighted by Gasteiger charge is 2.23. The van der Waals surface area contributed by atoms with Gasteiger partial charge in [-0.15, -0.1) is 11.3 Å². The van der Waals surface area contributed by atoms with E-state index in [1.54, 1.807) is 0 Å². The normalized spacial score (nSPS) is 27.1. The lowest BCUT2D eigenvalue weighted by atomic mass is 9.93. The maximum atomic E-state index is 5.78.